The molecule has 150 valence electrons. The van der Waals surface area contributed by atoms with Crippen LogP contribution in [0.25, 0.3) is 6.08 Å². The van der Waals surface area contributed by atoms with Gasteiger partial charge < -0.3 is 14.8 Å². The fourth-order valence-corrected chi connectivity index (χ4v) is 2.88. The number of carbonyl (C=O) groups excluding carboxylic acids is 2. The Balaban J connectivity index is 1.58. The zero-order valence-electron chi connectivity index (χ0n) is 16.7. The molecular formula is C24H25NO4. The predicted octanol–water partition coefficient (Wildman–Crippen LogP) is 5.00. The fourth-order valence-electron chi connectivity index (χ4n) is 2.88. The number of benzene rings is 2. The third-order valence-corrected chi connectivity index (χ3v) is 4.56. The number of esters is 1. The van der Waals surface area contributed by atoms with Gasteiger partial charge in [-0.1, -0.05) is 31.5 Å². The lowest BCUT2D eigenvalue weighted by Gasteiger charge is -2.22. The molecule has 0 bridgehead atoms. The number of unbranched alkanes of at least 4 members (excludes halogenated alkanes) is 1. The lowest BCUT2D eigenvalue weighted by molar-refractivity contribution is -0.111. The maximum absolute atomic E-state index is 12.2. The second-order valence-electron chi connectivity index (χ2n) is 6.83. The summed E-state index contributed by atoms with van der Waals surface area (Å²) in [5.74, 6) is 0.236. The van der Waals surface area contributed by atoms with Gasteiger partial charge in [-0.15, -0.1) is 0 Å². The van der Waals surface area contributed by atoms with E-state index in [0.29, 0.717) is 17.9 Å². The molecule has 29 heavy (non-hydrogen) atoms. The maximum atomic E-state index is 12.2. The second-order valence-corrected chi connectivity index (χ2v) is 6.83. The maximum Gasteiger partial charge on any atom is 0.338 e. The second kappa shape index (κ2) is 9.73. The van der Waals surface area contributed by atoms with Crippen LogP contribution in [-0.2, 0) is 9.53 Å². The quantitative estimate of drug-likeness (QED) is 0.410. The van der Waals surface area contributed by atoms with E-state index in [2.05, 4.69) is 5.32 Å². The molecule has 0 radical (unpaired) electrons. The number of nitrogens with one attached hydrogen (secondary N) is 1. The van der Waals surface area contributed by atoms with Gasteiger partial charge in [0.25, 0.3) is 0 Å². The van der Waals surface area contributed by atoms with Crippen molar-refractivity contribution in [3.05, 3.63) is 77.4 Å². The van der Waals surface area contributed by atoms with Crippen LogP contribution >= 0.6 is 0 Å². The smallest absolute Gasteiger partial charge is 0.338 e. The lowest BCUT2D eigenvalue weighted by atomic mass is 10.0. The van der Waals surface area contributed by atoms with Crippen LogP contribution in [0, 0.1) is 0 Å². The molecule has 1 amide bonds. The number of para-hydroxylation sites is 1. The summed E-state index contributed by atoms with van der Waals surface area (Å²) in [4.78, 5) is 24.2. The molecule has 5 heteroatoms. The van der Waals surface area contributed by atoms with Gasteiger partial charge in [-0.05, 0) is 61.4 Å². The number of carbonyl (C=O) groups is 2. The molecule has 0 spiro atoms. The number of rotatable bonds is 7. The van der Waals surface area contributed by atoms with E-state index < -0.39 is 0 Å². The van der Waals surface area contributed by atoms with Gasteiger partial charge in [-0.2, -0.15) is 0 Å². The number of hydrogen-bond acceptors (Lipinski definition) is 4. The van der Waals surface area contributed by atoms with Gasteiger partial charge in [0.05, 0.1) is 12.2 Å². The van der Waals surface area contributed by atoms with E-state index in [0.717, 1.165) is 29.7 Å². The monoisotopic (exact) mass is 391 g/mol. The third kappa shape index (κ3) is 5.57. The van der Waals surface area contributed by atoms with Crippen molar-refractivity contribution in [2.24, 2.45) is 0 Å². The first-order valence-electron chi connectivity index (χ1n) is 9.80. The van der Waals surface area contributed by atoms with Crippen molar-refractivity contribution in [3.63, 3.8) is 0 Å². The highest BCUT2D eigenvalue weighted by Gasteiger charge is 2.16. The zero-order chi connectivity index (χ0) is 20.6. The molecule has 0 saturated carbocycles. The van der Waals surface area contributed by atoms with E-state index in [9.17, 15) is 9.59 Å². The van der Waals surface area contributed by atoms with Crippen molar-refractivity contribution < 1.29 is 19.1 Å². The van der Waals surface area contributed by atoms with Crippen molar-refractivity contribution in [1.82, 2.24) is 0 Å². The van der Waals surface area contributed by atoms with E-state index in [1.165, 1.54) is 6.08 Å². The number of fused-ring (bicyclic) bond motifs is 1. The van der Waals surface area contributed by atoms with Crippen LogP contribution < -0.4 is 10.1 Å². The summed E-state index contributed by atoms with van der Waals surface area (Å²) in [6.45, 7) is 4.40. The molecule has 1 aliphatic rings. The van der Waals surface area contributed by atoms with Crippen LogP contribution in [0.2, 0.25) is 0 Å². The Hall–Kier alpha value is -3.34. The van der Waals surface area contributed by atoms with Crippen molar-refractivity contribution in [2.75, 3.05) is 11.9 Å². The molecule has 0 saturated heterocycles. The molecule has 1 unspecified atom stereocenters. The summed E-state index contributed by atoms with van der Waals surface area (Å²) in [5.41, 5.74) is 2.99. The number of hydrogen-bond donors (Lipinski definition) is 1. The molecule has 0 fully saturated rings. The van der Waals surface area contributed by atoms with Crippen LogP contribution in [0.5, 0.6) is 5.75 Å². The first-order chi connectivity index (χ1) is 14.1. The number of ether oxygens (including phenoxy) is 2. The minimum atomic E-state index is -0.352. The molecule has 1 N–H and O–H groups in total. The van der Waals surface area contributed by atoms with E-state index in [-0.39, 0.29) is 18.0 Å². The Morgan fingerprint density at radius 2 is 1.90 bits per heavy atom. The predicted molar refractivity (Wildman–Crippen MR) is 114 cm³/mol. The lowest BCUT2D eigenvalue weighted by Crippen LogP contribution is -2.18. The molecule has 0 aromatic heterocycles. The average molecular weight is 391 g/mol. The molecular weight excluding hydrogens is 366 g/mol. The van der Waals surface area contributed by atoms with Crippen LogP contribution in [0.15, 0.2) is 66.3 Å². The molecule has 1 atom stereocenters. The summed E-state index contributed by atoms with van der Waals surface area (Å²) < 4.78 is 11.0. The zero-order valence-corrected chi connectivity index (χ0v) is 16.7. The highest BCUT2D eigenvalue weighted by molar-refractivity contribution is 6.00. The van der Waals surface area contributed by atoms with Crippen molar-refractivity contribution in [2.45, 2.75) is 32.8 Å². The van der Waals surface area contributed by atoms with Crippen molar-refractivity contribution >= 4 is 23.6 Å². The topological polar surface area (TPSA) is 64.6 Å². The molecule has 0 aliphatic carbocycles. The average Bonchev–Trinajstić information content (AvgIpc) is 2.73. The van der Waals surface area contributed by atoms with E-state index in [4.69, 9.17) is 9.47 Å². The Labute approximate surface area is 171 Å². The SMILES string of the molecule is CCCCOC(=O)c1ccc(NC(=O)C=CC2=Cc3ccccc3OC2C)cc1. The summed E-state index contributed by atoms with van der Waals surface area (Å²) in [7, 11) is 0. The van der Waals surface area contributed by atoms with E-state index in [1.54, 1.807) is 30.3 Å². The molecule has 5 nitrogen and oxygen atoms in total. The van der Waals surface area contributed by atoms with Gasteiger partial charge >= 0.3 is 5.97 Å². The van der Waals surface area contributed by atoms with Gasteiger partial charge in [0, 0.05) is 17.3 Å². The largest absolute Gasteiger partial charge is 0.485 e. The van der Waals surface area contributed by atoms with Crippen LogP contribution in [0.4, 0.5) is 5.69 Å². The first-order valence-corrected chi connectivity index (χ1v) is 9.80. The number of amides is 1. The first kappa shape index (κ1) is 20.4. The van der Waals surface area contributed by atoms with Crippen LogP contribution in [0.1, 0.15) is 42.6 Å². The summed E-state index contributed by atoms with van der Waals surface area (Å²) in [5, 5.41) is 2.79. The normalized spacial score (nSPS) is 15.2. The molecule has 1 heterocycles. The fraction of sp³-hybridized carbons (Fsp3) is 0.250. The molecule has 2 aromatic carbocycles. The number of anilines is 1. The van der Waals surface area contributed by atoms with Crippen LogP contribution in [-0.4, -0.2) is 24.6 Å². The van der Waals surface area contributed by atoms with E-state index in [1.807, 2.05) is 44.2 Å². The minimum absolute atomic E-state index is 0.132. The van der Waals surface area contributed by atoms with E-state index >= 15 is 0 Å². The van der Waals surface area contributed by atoms with Gasteiger partial charge in [0.2, 0.25) is 5.91 Å². The van der Waals surface area contributed by atoms with Crippen molar-refractivity contribution in [1.29, 1.82) is 0 Å². The summed E-state index contributed by atoms with van der Waals surface area (Å²) in [6, 6.07) is 14.4. The Bertz CT molecular complexity index is 928. The van der Waals surface area contributed by atoms with Gasteiger partial charge in [0.1, 0.15) is 11.9 Å². The minimum Gasteiger partial charge on any atom is -0.485 e. The third-order valence-electron chi connectivity index (χ3n) is 4.56. The highest BCUT2D eigenvalue weighted by Crippen LogP contribution is 2.29. The van der Waals surface area contributed by atoms with Crippen LogP contribution in [0.3, 0.4) is 0 Å². The van der Waals surface area contributed by atoms with Gasteiger partial charge in [-0.25, -0.2) is 4.79 Å². The highest BCUT2D eigenvalue weighted by atomic mass is 16.5. The van der Waals surface area contributed by atoms with Gasteiger partial charge in [-0.3, -0.25) is 4.79 Å². The standard InChI is InChI=1S/C24H25NO4/c1-3-4-15-28-24(27)18-9-12-21(13-10-18)25-23(26)14-11-19-16-20-7-5-6-8-22(20)29-17(19)2/h5-14,16-17H,3-4,15H2,1-2H3,(H,25,26). The summed E-state index contributed by atoms with van der Waals surface area (Å²) in [6.07, 6.45) is 6.94. The van der Waals surface area contributed by atoms with Crippen molar-refractivity contribution in [3.8, 4) is 5.75 Å². The molecule has 3 rings (SSSR count). The molecule has 1 aliphatic heterocycles. The summed E-state index contributed by atoms with van der Waals surface area (Å²) >= 11 is 0. The van der Waals surface area contributed by atoms with Gasteiger partial charge in [0.15, 0.2) is 0 Å². The Morgan fingerprint density at radius 1 is 1.14 bits per heavy atom. The Morgan fingerprint density at radius 3 is 2.66 bits per heavy atom. The molecule has 2 aromatic rings. The Kier molecular flexibility index (Phi) is 6.85.